The normalized spacial score (nSPS) is 15.8. The van der Waals surface area contributed by atoms with Crippen LogP contribution in [0.25, 0.3) is 0 Å². The summed E-state index contributed by atoms with van der Waals surface area (Å²) in [6, 6.07) is 12.4. The number of nitrogens with zero attached hydrogens (tertiary/aromatic N) is 3. The number of aromatic nitrogens is 3. The van der Waals surface area contributed by atoms with E-state index in [4.69, 9.17) is 11.6 Å². The highest BCUT2D eigenvalue weighted by molar-refractivity contribution is 6.31. The smallest absolute Gasteiger partial charge is 0.143 e. The Morgan fingerprint density at radius 3 is 2.39 bits per heavy atom. The van der Waals surface area contributed by atoms with Gasteiger partial charge in [-0.05, 0) is 30.2 Å². The summed E-state index contributed by atoms with van der Waals surface area (Å²) >= 11 is 6.43. The minimum absolute atomic E-state index is 0.0751. The van der Waals surface area contributed by atoms with Crippen LogP contribution in [0.4, 0.5) is 4.39 Å². The highest BCUT2D eigenvalue weighted by Gasteiger charge is 2.52. The lowest BCUT2D eigenvalue weighted by Gasteiger charge is -2.45. The summed E-state index contributed by atoms with van der Waals surface area (Å²) < 4.78 is 15.0. The van der Waals surface area contributed by atoms with E-state index in [9.17, 15) is 14.6 Å². The molecule has 0 radical (unpaired) electrons. The van der Waals surface area contributed by atoms with E-state index in [1.165, 1.54) is 41.6 Å². The molecule has 0 aliphatic heterocycles. The quantitative estimate of drug-likeness (QED) is 0.595. The molecule has 0 bridgehead atoms. The first-order chi connectivity index (χ1) is 13.4. The molecule has 0 spiro atoms. The molecule has 148 valence electrons. The fourth-order valence-electron chi connectivity index (χ4n) is 3.53. The van der Waals surface area contributed by atoms with Gasteiger partial charge in [-0.25, -0.2) is 14.1 Å². The number of hydrogen-bond acceptors (Lipinski definition) is 4. The predicted molar refractivity (Wildman–Crippen MR) is 105 cm³/mol. The highest BCUT2D eigenvalue weighted by atomic mass is 35.5. The maximum Gasteiger partial charge on any atom is 0.143 e. The summed E-state index contributed by atoms with van der Waals surface area (Å²) in [5.41, 5.74) is -2.78. The van der Waals surface area contributed by atoms with Crippen molar-refractivity contribution in [2.75, 3.05) is 0 Å². The molecule has 0 saturated carbocycles. The molecule has 28 heavy (non-hydrogen) atoms. The Kier molecular flexibility index (Phi) is 6.13. The molecule has 1 aromatic heterocycles. The molecule has 3 rings (SSSR count). The highest BCUT2D eigenvalue weighted by Crippen LogP contribution is 2.47. The Morgan fingerprint density at radius 1 is 1.07 bits per heavy atom. The van der Waals surface area contributed by atoms with E-state index in [1.54, 1.807) is 24.3 Å². The van der Waals surface area contributed by atoms with Crippen LogP contribution in [0.5, 0.6) is 0 Å². The van der Waals surface area contributed by atoms with Crippen LogP contribution in [0.15, 0.2) is 61.2 Å². The van der Waals surface area contributed by atoms with Crippen LogP contribution in [0, 0.1) is 5.82 Å². The van der Waals surface area contributed by atoms with Gasteiger partial charge in [0.15, 0.2) is 0 Å². The van der Waals surface area contributed by atoms with E-state index in [0.717, 1.165) is 6.42 Å². The maximum absolute atomic E-state index is 13.5. The second-order valence-electron chi connectivity index (χ2n) is 6.90. The van der Waals surface area contributed by atoms with Gasteiger partial charge in [0, 0.05) is 10.6 Å². The van der Waals surface area contributed by atoms with Gasteiger partial charge in [-0.3, -0.25) is 0 Å². The Labute approximate surface area is 168 Å². The number of aliphatic hydroxyl groups is 2. The average molecular weight is 404 g/mol. The number of unbranched alkanes of at least 4 members (excludes halogenated alkanes) is 1. The van der Waals surface area contributed by atoms with Crippen LogP contribution in [0.1, 0.15) is 37.3 Å². The molecule has 5 nitrogen and oxygen atoms in total. The third kappa shape index (κ3) is 3.81. The van der Waals surface area contributed by atoms with Crippen molar-refractivity contribution < 1.29 is 14.6 Å². The molecule has 0 amide bonds. The van der Waals surface area contributed by atoms with Gasteiger partial charge >= 0.3 is 0 Å². The SMILES string of the molecule is CCCC[C@](O)(c1ccc(F)cc1)[C@](O)(Cn1cncn1)c1ccccc1Cl. The molecular weight excluding hydrogens is 381 g/mol. The zero-order valence-corrected chi connectivity index (χ0v) is 16.3. The summed E-state index contributed by atoms with van der Waals surface area (Å²) in [4.78, 5) is 3.93. The molecule has 7 heteroatoms. The number of rotatable bonds is 8. The van der Waals surface area contributed by atoms with Crippen molar-refractivity contribution in [2.45, 2.75) is 43.9 Å². The van der Waals surface area contributed by atoms with Crippen molar-refractivity contribution in [2.24, 2.45) is 0 Å². The topological polar surface area (TPSA) is 71.2 Å². The maximum atomic E-state index is 13.5. The second kappa shape index (κ2) is 8.39. The first kappa shape index (κ1) is 20.5. The van der Waals surface area contributed by atoms with Gasteiger partial charge in [0.1, 0.15) is 29.7 Å². The standard InChI is InChI=1S/C21H23ClFN3O2/c1-2-3-12-20(27,16-8-10-17(23)11-9-16)21(28,13-26-15-24-14-25-26)18-6-4-5-7-19(18)22/h4-11,14-15,27-28H,2-3,12-13H2,1H3/t20-,21-/m0/s1. The summed E-state index contributed by atoms with van der Waals surface area (Å²) in [5.74, 6) is -0.417. The fourth-order valence-corrected chi connectivity index (χ4v) is 3.82. The molecule has 2 aromatic carbocycles. The fraction of sp³-hybridized carbons (Fsp3) is 0.333. The number of hydrogen-bond donors (Lipinski definition) is 2. The molecule has 0 fully saturated rings. The molecule has 3 aromatic rings. The van der Waals surface area contributed by atoms with Crippen molar-refractivity contribution in [1.29, 1.82) is 0 Å². The van der Waals surface area contributed by atoms with Crippen molar-refractivity contribution in [3.8, 4) is 0 Å². The van der Waals surface area contributed by atoms with Crippen LogP contribution < -0.4 is 0 Å². The van der Waals surface area contributed by atoms with E-state index >= 15 is 0 Å². The predicted octanol–water partition coefficient (Wildman–Crippen LogP) is 4.04. The Balaban J connectivity index is 2.21. The van der Waals surface area contributed by atoms with Crippen molar-refractivity contribution >= 4 is 11.6 Å². The molecule has 0 aliphatic rings. The van der Waals surface area contributed by atoms with E-state index < -0.39 is 17.0 Å². The summed E-state index contributed by atoms with van der Waals surface area (Å²) in [6.07, 6.45) is 4.54. The van der Waals surface area contributed by atoms with Gasteiger partial charge in [-0.15, -0.1) is 0 Å². The summed E-state index contributed by atoms with van der Waals surface area (Å²) in [7, 11) is 0. The van der Waals surface area contributed by atoms with Crippen molar-refractivity contribution in [1.82, 2.24) is 14.8 Å². The lowest BCUT2D eigenvalue weighted by molar-refractivity contribution is -0.180. The second-order valence-corrected chi connectivity index (χ2v) is 7.31. The van der Waals surface area contributed by atoms with Crippen LogP contribution in [-0.2, 0) is 17.7 Å². The van der Waals surface area contributed by atoms with Gasteiger partial charge in [-0.1, -0.05) is 61.7 Å². The van der Waals surface area contributed by atoms with Gasteiger partial charge in [0.25, 0.3) is 0 Å². The average Bonchev–Trinajstić information content (AvgIpc) is 3.19. The molecule has 0 aliphatic carbocycles. The summed E-state index contributed by atoms with van der Waals surface area (Å²) in [6.45, 7) is 1.92. The zero-order chi connectivity index (χ0) is 20.2. The van der Waals surface area contributed by atoms with Gasteiger partial charge in [0.05, 0.1) is 6.54 Å². The Morgan fingerprint density at radius 2 is 1.79 bits per heavy atom. The first-order valence-electron chi connectivity index (χ1n) is 9.19. The van der Waals surface area contributed by atoms with E-state index in [1.807, 2.05) is 6.92 Å². The molecule has 2 atom stereocenters. The molecule has 0 unspecified atom stereocenters. The van der Waals surface area contributed by atoms with E-state index in [2.05, 4.69) is 10.1 Å². The number of benzene rings is 2. The third-order valence-corrected chi connectivity index (χ3v) is 5.40. The zero-order valence-electron chi connectivity index (χ0n) is 15.6. The van der Waals surface area contributed by atoms with Crippen LogP contribution in [0.2, 0.25) is 5.02 Å². The minimum Gasteiger partial charge on any atom is -0.382 e. The minimum atomic E-state index is -1.83. The lowest BCUT2D eigenvalue weighted by atomic mass is 9.70. The monoisotopic (exact) mass is 403 g/mol. The summed E-state index contributed by atoms with van der Waals surface area (Å²) in [5, 5.41) is 28.3. The molecule has 2 N–H and O–H groups in total. The Hall–Kier alpha value is -2.28. The van der Waals surface area contributed by atoms with E-state index in [-0.39, 0.29) is 13.0 Å². The van der Waals surface area contributed by atoms with Gasteiger partial charge in [0.2, 0.25) is 0 Å². The lowest BCUT2D eigenvalue weighted by Crippen LogP contribution is -2.52. The van der Waals surface area contributed by atoms with Gasteiger partial charge < -0.3 is 10.2 Å². The largest absolute Gasteiger partial charge is 0.382 e. The molecule has 1 heterocycles. The third-order valence-electron chi connectivity index (χ3n) is 5.07. The van der Waals surface area contributed by atoms with Crippen molar-refractivity contribution in [3.63, 3.8) is 0 Å². The van der Waals surface area contributed by atoms with Crippen molar-refractivity contribution in [3.05, 3.63) is 83.2 Å². The van der Waals surface area contributed by atoms with Gasteiger partial charge in [-0.2, -0.15) is 5.10 Å². The van der Waals surface area contributed by atoms with Crippen LogP contribution >= 0.6 is 11.6 Å². The van der Waals surface area contributed by atoms with Crippen LogP contribution in [-0.4, -0.2) is 25.0 Å². The Bertz CT molecular complexity index is 904. The molecular formula is C21H23ClFN3O2. The number of halogens is 2. The van der Waals surface area contributed by atoms with Crippen LogP contribution in [0.3, 0.4) is 0 Å². The van der Waals surface area contributed by atoms with E-state index in [0.29, 0.717) is 22.6 Å². The molecule has 0 saturated heterocycles. The first-order valence-corrected chi connectivity index (χ1v) is 9.57.